The van der Waals surface area contributed by atoms with Crippen molar-refractivity contribution in [3.05, 3.63) is 317 Å². The molecule has 0 saturated heterocycles. The van der Waals surface area contributed by atoms with Gasteiger partial charge in [0.15, 0.2) is 0 Å². The maximum absolute atomic E-state index is 9.76. The van der Waals surface area contributed by atoms with E-state index >= 15 is 0 Å². The molecule has 0 unspecified atom stereocenters. The van der Waals surface area contributed by atoms with Crippen molar-refractivity contribution in [2.24, 2.45) is 0 Å². The molecule has 0 radical (unpaired) electrons. The topological polar surface area (TPSA) is 33.5 Å². The summed E-state index contributed by atoms with van der Waals surface area (Å²) in [4.78, 5) is 9.11. The number of ether oxygens (including phenoxy) is 1. The molecule has 0 amide bonds. The van der Waals surface area contributed by atoms with Crippen LogP contribution in [-0.4, -0.2) is 9.55 Å². The Labute approximate surface area is 570 Å². The second-order valence-corrected chi connectivity index (χ2v) is 28.0. The van der Waals surface area contributed by atoms with E-state index in [-0.39, 0.29) is 78.2 Å². The van der Waals surface area contributed by atoms with Crippen molar-refractivity contribution in [2.45, 2.75) is 97.2 Å². The second-order valence-electron chi connectivity index (χ2n) is 28.0. The van der Waals surface area contributed by atoms with Crippen LogP contribution in [0.25, 0.3) is 72.1 Å². The smallest absolute Gasteiger partial charge is 0.135 e. The molecule has 0 fully saturated rings. The Morgan fingerprint density at radius 3 is 1.80 bits per heavy atom. The summed E-state index contributed by atoms with van der Waals surface area (Å²) in [6, 6.07) is 83.1. The summed E-state index contributed by atoms with van der Waals surface area (Å²) >= 11 is 0. The van der Waals surface area contributed by atoms with E-state index in [1.165, 1.54) is 55.6 Å². The first-order valence-electron chi connectivity index (χ1n) is 34.9. The van der Waals surface area contributed by atoms with Crippen molar-refractivity contribution >= 4 is 44.6 Å². The van der Waals surface area contributed by atoms with Gasteiger partial charge in [-0.1, -0.05) is 244 Å². The van der Waals surface area contributed by atoms with E-state index in [0.717, 1.165) is 73.2 Å². The molecule has 11 aromatic carbocycles. The third-order valence-corrected chi connectivity index (χ3v) is 19.2. The molecule has 2 aliphatic carbocycles. The predicted molar refractivity (Wildman–Crippen MR) is 381 cm³/mol. The largest absolute Gasteiger partial charge is 0.509 e. The van der Waals surface area contributed by atoms with Crippen molar-refractivity contribution in [1.29, 1.82) is 0 Å². The third kappa shape index (κ3) is 9.88. The molecule has 0 N–H and O–H groups in total. The molecule has 0 saturated carbocycles. The van der Waals surface area contributed by atoms with Crippen LogP contribution in [-0.2, 0) is 49.1 Å². The summed E-state index contributed by atoms with van der Waals surface area (Å²) in [6.45, 7) is 19.6. The van der Waals surface area contributed by atoms with E-state index in [0.29, 0.717) is 16.9 Å². The van der Waals surface area contributed by atoms with Crippen LogP contribution in [0.1, 0.15) is 126 Å². The van der Waals surface area contributed by atoms with E-state index in [1.807, 2.05) is 88.9 Å². The van der Waals surface area contributed by atoms with Gasteiger partial charge in [-0.15, -0.1) is 48.0 Å². The summed E-state index contributed by atoms with van der Waals surface area (Å²) in [5, 5.41) is 1.72. The van der Waals surface area contributed by atoms with E-state index in [9.17, 15) is 4.11 Å². The molecule has 5 nitrogen and oxygen atoms in total. The van der Waals surface area contributed by atoms with Gasteiger partial charge < -0.3 is 19.1 Å². The van der Waals surface area contributed by atoms with Crippen molar-refractivity contribution in [3.8, 4) is 61.8 Å². The van der Waals surface area contributed by atoms with Gasteiger partial charge in [-0.2, -0.15) is 12.1 Å². The molecular weight excluding hydrogens is 1310 g/mol. The number of anilines is 4. The zero-order valence-corrected chi connectivity index (χ0v) is 55.9. The van der Waals surface area contributed by atoms with Gasteiger partial charge in [0.25, 0.3) is 0 Å². The van der Waals surface area contributed by atoms with Gasteiger partial charge in [0, 0.05) is 83.5 Å². The number of fused-ring (bicyclic) bond motifs is 13. The molecule has 16 rings (SSSR count). The van der Waals surface area contributed by atoms with E-state index in [2.05, 4.69) is 213 Å². The average molecular weight is 1390 g/mol. The summed E-state index contributed by atoms with van der Waals surface area (Å²) in [7, 11) is 0. The van der Waals surface area contributed by atoms with Crippen LogP contribution >= 0.6 is 0 Å². The molecule has 1 aliphatic heterocycles. The van der Waals surface area contributed by atoms with Gasteiger partial charge in [-0.3, -0.25) is 0 Å². The minimum absolute atomic E-state index is 0. The molecule has 93 heavy (non-hydrogen) atoms. The van der Waals surface area contributed by atoms with Crippen LogP contribution in [0.4, 0.5) is 22.7 Å². The predicted octanol–water partition coefficient (Wildman–Crippen LogP) is 22.4. The Kier molecular flexibility index (Phi) is 12.7. The summed E-state index contributed by atoms with van der Waals surface area (Å²) in [5.41, 5.74) is 22.3. The van der Waals surface area contributed by atoms with Crippen LogP contribution in [0, 0.1) is 25.7 Å². The van der Waals surface area contributed by atoms with Crippen LogP contribution in [0.2, 0.25) is 0 Å². The van der Waals surface area contributed by atoms with Crippen LogP contribution < -0.4 is 14.5 Å². The normalized spacial score (nSPS) is 14.8. The van der Waals surface area contributed by atoms with E-state index in [1.54, 1.807) is 18.3 Å². The molecule has 2 aromatic heterocycles. The Morgan fingerprint density at radius 1 is 0.495 bits per heavy atom. The van der Waals surface area contributed by atoms with Crippen molar-refractivity contribution in [3.63, 3.8) is 0 Å². The molecule has 3 heterocycles. The molecule has 6 heteroatoms. The molecule has 460 valence electrons. The molecule has 0 bridgehead atoms. The third-order valence-electron chi connectivity index (χ3n) is 19.2. The Hall–Kier alpha value is -9.54. The number of nitrogens with zero attached hydrogens (tertiary/aromatic N) is 4. The van der Waals surface area contributed by atoms with Crippen LogP contribution in [0.15, 0.2) is 243 Å². The second kappa shape index (κ2) is 22.4. The van der Waals surface area contributed by atoms with Gasteiger partial charge in [0.05, 0.1) is 5.41 Å². The van der Waals surface area contributed by atoms with Crippen LogP contribution in [0.3, 0.4) is 0 Å². The first kappa shape index (κ1) is 53.0. The van der Waals surface area contributed by atoms with Gasteiger partial charge in [-0.25, -0.2) is 4.98 Å². The molecule has 1 spiro atoms. The van der Waals surface area contributed by atoms with E-state index in [4.69, 9.17) is 13.8 Å². The quantitative estimate of drug-likeness (QED) is 0.142. The summed E-state index contributed by atoms with van der Waals surface area (Å²) in [6.07, 6.45) is 2.49. The van der Waals surface area contributed by atoms with Gasteiger partial charge >= 0.3 is 0 Å². The zero-order chi connectivity index (χ0) is 68.1. The molecule has 3 aliphatic rings. The Bertz CT molecular complexity index is 5360. The fourth-order valence-corrected chi connectivity index (χ4v) is 14.6. The standard InChI is InChI=1S/C87H73N4O.Pt/c1-55-45-82(88-53-73(55)56-37-40-61(41-38-56)84(2,3)4)91-78-34-18-14-28-71(78)72-44-42-66(52-81(72)91)92-65-26-21-25-64(51-65)89-54-90(80-36-20-19-35-79(80)89)83-67(29-22-30-68(83)60-47-62(85(5,6)7)50-63(48-60)86(8,9)10)57-39-43-70-69-27-13-17-33-76(69)87(77(70)49-57)74-31-15-11-23-58(74)46-59-24-12-16-32-75(59)87;/h11-45,47-50,53-54H,46H2,1-10H3;/q-3;/i1D3,21D,25D,26D;. The van der Waals surface area contributed by atoms with Gasteiger partial charge in [0.2, 0.25) is 0 Å². The van der Waals surface area contributed by atoms with Crippen molar-refractivity contribution < 1.29 is 34.0 Å². The Morgan fingerprint density at radius 2 is 1.10 bits per heavy atom. The minimum atomic E-state index is -2.48. The molecule has 13 aromatic rings. The van der Waals surface area contributed by atoms with Gasteiger partial charge in [-0.05, 0) is 151 Å². The maximum Gasteiger partial charge on any atom is 0.135 e. The zero-order valence-electron chi connectivity index (χ0n) is 59.7. The number of hydrogen-bond acceptors (Lipinski definition) is 4. The first-order chi connectivity index (χ1) is 46.9. The number of para-hydroxylation sites is 4. The van der Waals surface area contributed by atoms with Crippen molar-refractivity contribution in [2.75, 3.05) is 9.80 Å². The Balaban J connectivity index is 0.00000798. The number of rotatable bonds is 8. The van der Waals surface area contributed by atoms with Gasteiger partial charge in [0.1, 0.15) is 5.82 Å². The fourth-order valence-electron chi connectivity index (χ4n) is 14.6. The monoisotopic (exact) mass is 1390 g/mol. The first-order valence-corrected chi connectivity index (χ1v) is 31.9. The SMILES string of the molecule is [2H]c1c(Oc2[c-]c3c(cc2)c2ccccc2n3-c2cc(C([2H])([2H])[2H])c(-c3ccc(C(C)(C)C)cc3)cn2)[c-]c(N2[CH-]N(c3c(-c4cc(C(C)(C)C)cc(C(C)(C)C)c4)cccc3-c3ccc4c(c3)C3(c5ccccc5Cc5ccccc53)c3ccccc3-4)c3ccccc32)c([2H])c1[2H].[Pt]. The van der Waals surface area contributed by atoms with E-state index < -0.39 is 12.3 Å². The number of aromatic nitrogens is 2. The number of hydrogen-bond donors (Lipinski definition) is 0. The number of pyridine rings is 1. The van der Waals surface area contributed by atoms with Crippen LogP contribution in [0.5, 0.6) is 11.5 Å². The molecule has 0 atom stereocenters. The maximum atomic E-state index is 9.76. The minimum Gasteiger partial charge on any atom is -0.509 e. The van der Waals surface area contributed by atoms with Crippen molar-refractivity contribution in [1.82, 2.24) is 9.55 Å². The number of benzene rings is 11. The molecular formula is C87H73N4OPt-3. The number of aryl methyl sites for hydroxylation is 1. The summed E-state index contributed by atoms with van der Waals surface area (Å²) < 4.78 is 63.7. The fraction of sp³-hybridized carbons (Fsp3) is 0.172. The average Bonchev–Trinajstić information content (AvgIpc) is 1.55. The summed E-state index contributed by atoms with van der Waals surface area (Å²) in [5.74, 6) is 0.536.